The second-order valence-electron chi connectivity index (χ2n) is 5.54. The molecule has 1 unspecified atom stereocenters. The van der Waals surface area contributed by atoms with Crippen LogP contribution in [0.5, 0.6) is 0 Å². The van der Waals surface area contributed by atoms with Crippen molar-refractivity contribution in [2.45, 2.75) is 52.9 Å². The van der Waals surface area contributed by atoms with Crippen LogP contribution in [0.3, 0.4) is 0 Å². The number of fused-ring (bicyclic) bond motifs is 1. The van der Waals surface area contributed by atoms with E-state index < -0.39 is 0 Å². The first-order valence-electron chi connectivity index (χ1n) is 7.87. The van der Waals surface area contributed by atoms with Crippen molar-refractivity contribution in [1.82, 2.24) is 4.98 Å². The average Bonchev–Trinajstić information content (AvgIpc) is 2.47. The first-order chi connectivity index (χ1) is 9.69. The van der Waals surface area contributed by atoms with E-state index in [1.54, 1.807) is 0 Å². The van der Waals surface area contributed by atoms with E-state index in [1.165, 1.54) is 22.9 Å². The molecule has 20 heavy (non-hydrogen) atoms. The number of nitrogens with one attached hydrogen (secondary N) is 1. The first-order valence-corrected chi connectivity index (χ1v) is 7.87. The van der Waals surface area contributed by atoms with Gasteiger partial charge in [0.15, 0.2) is 0 Å². The summed E-state index contributed by atoms with van der Waals surface area (Å²) >= 11 is 0. The van der Waals surface area contributed by atoms with Crippen LogP contribution in [0, 0.1) is 0 Å². The van der Waals surface area contributed by atoms with Crippen LogP contribution in [0.4, 0.5) is 5.82 Å². The highest BCUT2D eigenvalue weighted by molar-refractivity contribution is 5.82. The molecule has 2 aromatic rings. The largest absolute Gasteiger partial charge is 0.370 e. The Morgan fingerprint density at radius 2 is 1.95 bits per heavy atom. The molecule has 0 spiro atoms. The first kappa shape index (κ1) is 14.8. The van der Waals surface area contributed by atoms with Gasteiger partial charge in [-0.15, -0.1) is 0 Å². The summed E-state index contributed by atoms with van der Waals surface area (Å²) < 4.78 is 0. The number of rotatable bonds is 6. The van der Waals surface area contributed by atoms with Gasteiger partial charge in [0.2, 0.25) is 0 Å². The number of aryl methyl sites for hydroxylation is 1. The number of pyridine rings is 1. The minimum absolute atomic E-state index is 0.613. The Labute approximate surface area is 122 Å². The number of benzene rings is 1. The van der Waals surface area contributed by atoms with Crippen molar-refractivity contribution in [3.63, 3.8) is 0 Å². The summed E-state index contributed by atoms with van der Waals surface area (Å²) in [6, 6.07) is 9.01. The molecule has 1 atom stereocenters. The smallest absolute Gasteiger partial charge is 0.129 e. The van der Waals surface area contributed by atoms with Crippen LogP contribution in [0.2, 0.25) is 0 Å². The van der Waals surface area contributed by atoms with E-state index in [0.717, 1.165) is 30.7 Å². The fraction of sp³-hybridized carbons (Fsp3) is 0.500. The van der Waals surface area contributed by atoms with Crippen LogP contribution >= 0.6 is 0 Å². The molecule has 0 saturated heterocycles. The molecule has 2 nitrogen and oxygen atoms in total. The van der Waals surface area contributed by atoms with Gasteiger partial charge in [0, 0.05) is 11.9 Å². The van der Waals surface area contributed by atoms with Crippen molar-refractivity contribution in [2.24, 2.45) is 0 Å². The van der Waals surface area contributed by atoms with Gasteiger partial charge in [-0.3, -0.25) is 0 Å². The van der Waals surface area contributed by atoms with Gasteiger partial charge < -0.3 is 5.32 Å². The fourth-order valence-electron chi connectivity index (χ4n) is 2.56. The van der Waals surface area contributed by atoms with Crippen molar-refractivity contribution in [3.05, 3.63) is 35.4 Å². The summed E-state index contributed by atoms with van der Waals surface area (Å²) in [6.07, 6.45) is 3.41. The molecule has 0 aliphatic carbocycles. The molecule has 0 radical (unpaired) electrons. The zero-order chi connectivity index (χ0) is 14.5. The van der Waals surface area contributed by atoms with Gasteiger partial charge in [-0.2, -0.15) is 0 Å². The van der Waals surface area contributed by atoms with Gasteiger partial charge in [-0.1, -0.05) is 33.3 Å². The maximum Gasteiger partial charge on any atom is 0.129 e. The number of hydrogen-bond acceptors (Lipinski definition) is 2. The predicted octanol–water partition coefficient (Wildman–Crippen LogP) is 5.13. The lowest BCUT2D eigenvalue weighted by atomic mass is 9.96. The Morgan fingerprint density at radius 3 is 2.60 bits per heavy atom. The quantitative estimate of drug-likeness (QED) is 0.786. The van der Waals surface area contributed by atoms with Crippen LogP contribution in [-0.2, 0) is 6.42 Å². The zero-order valence-electron chi connectivity index (χ0n) is 13.2. The lowest BCUT2D eigenvalue weighted by molar-refractivity contribution is 0.734. The van der Waals surface area contributed by atoms with E-state index in [2.05, 4.69) is 57.3 Å². The summed E-state index contributed by atoms with van der Waals surface area (Å²) in [5.41, 5.74) is 3.84. The molecular weight excluding hydrogens is 244 g/mol. The van der Waals surface area contributed by atoms with Crippen molar-refractivity contribution < 1.29 is 0 Å². The molecule has 2 rings (SSSR count). The maximum absolute atomic E-state index is 4.80. The van der Waals surface area contributed by atoms with Crippen molar-refractivity contribution in [1.29, 1.82) is 0 Å². The highest BCUT2D eigenvalue weighted by Crippen LogP contribution is 2.26. The number of hydrogen-bond donors (Lipinski definition) is 1. The highest BCUT2D eigenvalue weighted by atomic mass is 15.0. The predicted molar refractivity (Wildman–Crippen MR) is 88.6 cm³/mol. The summed E-state index contributed by atoms with van der Waals surface area (Å²) in [4.78, 5) is 4.80. The maximum atomic E-state index is 4.80. The summed E-state index contributed by atoms with van der Waals surface area (Å²) in [6.45, 7) is 9.78. The Hall–Kier alpha value is -1.57. The molecule has 0 fully saturated rings. The van der Waals surface area contributed by atoms with E-state index in [9.17, 15) is 0 Å². The van der Waals surface area contributed by atoms with Gasteiger partial charge in [0.25, 0.3) is 0 Å². The second kappa shape index (κ2) is 6.74. The van der Waals surface area contributed by atoms with Crippen LogP contribution < -0.4 is 5.32 Å². The van der Waals surface area contributed by atoms with Crippen molar-refractivity contribution in [2.75, 3.05) is 11.9 Å². The van der Waals surface area contributed by atoms with E-state index in [-0.39, 0.29) is 0 Å². The SMILES string of the molecule is CCCc1cc2cc(C(C)CC)ccc2nc1NCC. The van der Waals surface area contributed by atoms with Gasteiger partial charge in [-0.25, -0.2) is 4.98 Å². The second-order valence-corrected chi connectivity index (χ2v) is 5.54. The molecule has 0 amide bonds. The lowest BCUT2D eigenvalue weighted by Crippen LogP contribution is -2.04. The van der Waals surface area contributed by atoms with Crippen LogP contribution in [0.25, 0.3) is 10.9 Å². The summed E-state index contributed by atoms with van der Waals surface area (Å²) in [5, 5.41) is 4.66. The van der Waals surface area contributed by atoms with Gasteiger partial charge >= 0.3 is 0 Å². The molecule has 0 saturated carbocycles. The van der Waals surface area contributed by atoms with E-state index in [1.807, 2.05) is 0 Å². The minimum atomic E-state index is 0.613. The third-order valence-electron chi connectivity index (χ3n) is 3.96. The molecular formula is C18H26N2. The number of aromatic nitrogens is 1. The highest BCUT2D eigenvalue weighted by Gasteiger charge is 2.08. The molecule has 0 bridgehead atoms. The molecule has 1 N–H and O–H groups in total. The average molecular weight is 270 g/mol. The summed E-state index contributed by atoms with van der Waals surface area (Å²) in [7, 11) is 0. The van der Waals surface area contributed by atoms with Gasteiger partial charge in [0.1, 0.15) is 5.82 Å². The fourth-order valence-corrected chi connectivity index (χ4v) is 2.56. The van der Waals surface area contributed by atoms with Gasteiger partial charge in [0.05, 0.1) is 5.52 Å². The van der Waals surface area contributed by atoms with Crippen LogP contribution in [0.15, 0.2) is 24.3 Å². The molecule has 2 heteroatoms. The van der Waals surface area contributed by atoms with Gasteiger partial charge in [-0.05, 0) is 55.0 Å². The van der Waals surface area contributed by atoms with E-state index >= 15 is 0 Å². The Balaban J connectivity index is 2.49. The molecule has 0 aliphatic rings. The number of anilines is 1. The summed E-state index contributed by atoms with van der Waals surface area (Å²) in [5.74, 6) is 1.67. The van der Waals surface area contributed by atoms with Crippen molar-refractivity contribution >= 4 is 16.7 Å². The Bertz CT molecular complexity index is 575. The van der Waals surface area contributed by atoms with E-state index in [0.29, 0.717) is 5.92 Å². The third kappa shape index (κ3) is 3.12. The van der Waals surface area contributed by atoms with Crippen LogP contribution in [0.1, 0.15) is 57.6 Å². The Morgan fingerprint density at radius 1 is 1.15 bits per heavy atom. The lowest BCUT2D eigenvalue weighted by Gasteiger charge is -2.13. The normalized spacial score (nSPS) is 12.6. The molecule has 1 aromatic heterocycles. The molecule has 1 aromatic carbocycles. The third-order valence-corrected chi connectivity index (χ3v) is 3.96. The standard InChI is InChI=1S/C18H26N2/c1-5-8-15-12-16-11-14(13(4)6-2)9-10-17(16)20-18(15)19-7-3/h9-13H,5-8H2,1-4H3,(H,19,20). The zero-order valence-corrected chi connectivity index (χ0v) is 13.2. The monoisotopic (exact) mass is 270 g/mol. The molecule has 1 heterocycles. The molecule has 108 valence electrons. The van der Waals surface area contributed by atoms with Crippen molar-refractivity contribution in [3.8, 4) is 0 Å². The minimum Gasteiger partial charge on any atom is -0.370 e. The van der Waals surface area contributed by atoms with E-state index in [4.69, 9.17) is 4.98 Å². The Kier molecular flexibility index (Phi) is 4.99. The number of nitrogens with zero attached hydrogens (tertiary/aromatic N) is 1. The van der Waals surface area contributed by atoms with Crippen LogP contribution in [-0.4, -0.2) is 11.5 Å². The molecule has 0 aliphatic heterocycles. The topological polar surface area (TPSA) is 24.9 Å².